The van der Waals surface area contributed by atoms with Gasteiger partial charge in [0, 0.05) is 6.42 Å². The van der Waals surface area contributed by atoms with Crippen LogP contribution in [0.25, 0.3) is 0 Å². The molecule has 14 heteroatoms. The third-order valence-corrected chi connectivity index (χ3v) is 3.41. The Kier molecular flexibility index (Phi) is 15.2. The molecular weight excluding hydrogens is 434 g/mol. The minimum Gasteiger partial charge on any atom is -0.508 e. The smallest absolute Gasteiger partial charge is 0.321 e. The van der Waals surface area contributed by atoms with Gasteiger partial charge < -0.3 is 47.8 Å². The van der Waals surface area contributed by atoms with Crippen LogP contribution in [0.1, 0.15) is 24.8 Å². The van der Waals surface area contributed by atoms with Gasteiger partial charge in [-0.05, 0) is 30.5 Å². The fourth-order valence-electron chi connectivity index (χ4n) is 1.65. The van der Waals surface area contributed by atoms with E-state index in [-0.39, 0.29) is 25.0 Å². The highest BCUT2D eigenvalue weighted by Crippen LogP contribution is 2.10. The molecule has 12 N–H and O–H groups in total. The molecule has 0 amide bonds. The molecule has 1 aromatic carbocycles. The van der Waals surface area contributed by atoms with Gasteiger partial charge in [-0.1, -0.05) is 12.1 Å². The van der Waals surface area contributed by atoms with E-state index in [2.05, 4.69) is 0 Å². The summed E-state index contributed by atoms with van der Waals surface area (Å²) in [7, 11) is 0. The van der Waals surface area contributed by atoms with Gasteiger partial charge in [0.15, 0.2) is 0 Å². The number of aromatic hydroxyl groups is 1. The van der Waals surface area contributed by atoms with Crippen LogP contribution in [0, 0.1) is 0 Å². The Morgan fingerprint density at radius 1 is 0.688 bits per heavy atom. The van der Waals surface area contributed by atoms with E-state index in [0.717, 1.165) is 5.56 Å². The Morgan fingerprint density at radius 3 is 1.44 bits per heavy atom. The molecule has 0 aromatic heterocycles. The first kappa shape index (κ1) is 30.4. The maximum Gasteiger partial charge on any atom is 0.321 e. The fourth-order valence-corrected chi connectivity index (χ4v) is 1.65. The van der Waals surface area contributed by atoms with Crippen LogP contribution in [0.15, 0.2) is 24.3 Å². The second-order valence-electron chi connectivity index (χ2n) is 6.24. The molecular formula is C18H27N3O11. The average Bonchev–Trinajstić information content (AvgIpc) is 2.68. The molecule has 0 unspecified atom stereocenters. The first-order chi connectivity index (χ1) is 14.7. The number of aliphatic carboxylic acids is 5. The number of carboxylic acids is 5. The number of benzene rings is 1. The monoisotopic (exact) mass is 461 g/mol. The topological polar surface area (TPSA) is 285 Å². The van der Waals surface area contributed by atoms with Crippen LogP contribution in [0.3, 0.4) is 0 Å². The van der Waals surface area contributed by atoms with Crippen LogP contribution >= 0.6 is 0 Å². The van der Waals surface area contributed by atoms with Crippen LogP contribution in [-0.4, -0.2) is 78.6 Å². The summed E-state index contributed by atoms with van der Waals surface area (Å²) in [4.78, 5) is 49.9. The first-order valence-electron chi connectivity index (χ1n) is 8.84. The molecule has 0 heterocycles. The van der Waals surface area contributed by atoms with E-state index in [1.807, 2.05) is 0 Å². The van der Waals surface area contributed by atoms with Gasteiger partial charge in [0.2, 0.25) is 0 Å². The molecule has 1 rings (SSSR count). The van der Waals surface area contributed by atoms with Crippen LogP contribution in [-0.2, 0) is 30.4 Å². The quantitative estimate of drug-likeness (QED) is 0.191. The summed E-state index contributed by atoms with van der Waals surface area (Å²) in [5.74, 6) is -5.55. The molecule has 0 bridgehead atoms. The van der Waals surface area contributed by atoms with Crippen molar-refractivity contribution in [3.63, 3.8) is 0 Å². The number of phenols is 1. The fraction of sp³-hybridized carbons (Fsp3) is 0.389. The Labute approximate surface area is 181 Å². The van der Waals surface area contributed by atoms with E-state index in [9.17, 15) is 24.0 Å². The number of hydrogen-bond donors (Lipinski definition) is 9. The van der Waals surface area contributed by atoms with Crippen LogP contribution in [0.5, 0.6) is 5.75 Å². The van der Waals surface area contributed by atoms with Crippen molar-refractivity contribution in [2.45, 2.75) is 43.8 Å². The van der Waals surface area contributed by atoms with E-state index >= 15 is 0 Å². The molecule has 1 aromatic rings. The maximum absolute atomic E-state index is 10.4. The van der Waals surface area contributed by atoms with Gasteiger partial charge in [-0.2, -0.15) is 0 Å². The van der Waals surface area contributed by atoms with Crippen molar-refractivity contribution in [1.29, 1.82) is 0 Å². The van der Waals surface area contributed by atoms with Crippen molar-refractivity contribution >= 4 is 29.8 Å². The van der Waals surface area contributed by atoms with Crippen molar-refractivity contribution in [2.75, 3.05) is 0 Å². The Balaban J connectivity index is 0. The van der Waals surface area contributed by atoms with Crippen molar-refractivity contribution < 1.29 is 54.6 Å². The number of carbonyl (C=O) groups is 5. The van der Waals surface area contributed by atoms with Gasteiger partial charge in [0.05, 0.1) is 6.42 Å². The van der Waals surface area contributed by atoms with Gasteiger partial charge in [-0.25, -0.2) is 0 Å². The zero-order chi connectivity index (χ0) is 25.4. The predicted molar refractivity (Wildman–Crippen MR) is 108 cm³/mol. The number of carboxylic acid groups (broad SMARTS) is 5. The summed E-state index contributed by atoms with van der Waals surface area (Å²) in [5, 5.41) is 49.8. The van der Waals surface area contributed by atoms with Gasteiger partial charge in [-0.3, -0.25) is 24.0 Å². The molecule has 0 aliphatic carbocycles. The number of rotatable bonds is 10. The summed E-state index contributed by atoms with van der Waals surface area (Å²) < 4.78 is 0. The summed E-state index contributed by atoms with van der Waals surface area (Å²) in [6, 6.07) is 3.08. The molecule has 0 radical (unpaired) electrons. The Hall–Kier alpha value is -3.75. The highest BCUT2D eigenvalue weighted by atomic mass is 16.4. The maximum atomic E-state index is 10.4. The molecule has 180 valence electrons. The van der Waals surface area contributed by atoms with E-state index in [1.54, 1.807) is 12.1 Å². The van der Waals surface area contributed by atoms with Crippen molar-refractivity contribution in [3.05, 3.63) is 29.8 Å². The lowest BCUT2D eigenvalue weighted by Gasteiger charge is -2.05. The molecule has 0 spiro atoms. The standard InChI is InChI=1S/C9H11NO3.C5H9NO4.C4H7NO4/c10-8(9(12)13)5-6-1-3-7(11)4-2-6;6-3(5(9)10)1-2-4(7)8;5-2(4(8)9)1-3(6)7/h1-4,8,11H,5,10H2,(H,12,13);3H,1-2,6H2,(H,7,8)(H,9,10);2H,1,5H2,(H,6,7)(H,8,9)/t8-;3-;2-/m000/s1. The second kappa shape index (κ2) is 16.0. The average molecular weight is 461 g/mol. The Morgan fingerprint density at radius 2 is 1.12 bits per heavy atom. The molecule has 32 heavy (non-hydrogen) atoms. The van der Waals surface area contributed by atoms with Gasteiger partial charge in [0.25, 0.3) is 0 Å². The number of phenolic OH excluding ortho intramolecular Hbond substituents is 1. The van der Waals surface area contributed by atoms with Crippen molar-refractivity contribution in [3.8, 4) is 5.75 Å². The summed E-state index contributed by atoms with van der Waals surface area (Å²) in [6.07, 6.45) is -0.483. The number of hydrogen-bond acceptors (Lipinski definition) is 9. The highest BCUT2D eigenvalue weighted by molar-refractivity contribution is 5.80. The third-order valence-electron chi connectivity index (χ3n) is 3.41. The summed E-state index contributed by atoms with van der Waals surface area (Å²) >= 11 is 0. The van der Waals surface area contributed by atoms with Gasteiger partial charge in [0.1, 0.15) is 23.9 Å². The van der Waals surface area contributed by atoms with E-state index in [0.29, 0.717) is 0 Å². The Bertz CT molecular complexity index is 768. The molecule has 0 fully saturated rings. The van der Waals surface area contributed by atoms with Crippen LogP contribution < -0.4 is 17.2 Å². The van der Waals surface area contributed by atoms with Crippen LogP contribution in [0.2, 0.25) is 0 Å². The molecule has 0 aliphatic rings. The third kappa shape index (κ3) is 17.1. The number of nitrogens with two attached hydrogens (primary N) is 3. The lowest BCUT2D eigenvalue weighted by Crippen LogP contribution is -2.32. The second-order valence-corrected chi connectivity index (χ2v) is 6.24. The lowest BCUT2D eigenvalue weighted by atomic mass is 10.1. The zero-order valence-electron chi connectivity index (χ0n) is 16.8. The SMILES string of the molecule is N[C@@H](CC(=O)O)C(=O)O.N[C@@H](CCC(=O)O)C(=O)O.N[C@@H](Cc1ccc(O)cc1)C(=O)O. The minimum absolute atomic E-state index is 0.0231. The summed E-state index contributed by atoms with van der Waals surface area (Å²) in [5.41, 5.74) is 16.0. The zero-order valence-corrected chi connectivity index (χ0v) is 16.8. The van der Waals surface area contributed by atoms with Gasteiger partial charge in [-0.15, -0.1) is 0 Å². The van der Waals surface area contributed by atoms with Crippen molar-refractivity contribution in [1.82, 2.24) is 0 Å². The van der Waals surface area contributed by atoms with E-state index in [4.69, 9.17) is 47.8 Å². The minimum atomic E-state index is -1.29. The molecule has 3 atom stereocenters. The van der Waals surface area contributed by atoms with E-state index < -0.39 is 54.4 Å². The van der Waals surface area contributed by atoms with E-state index in [1.165, 1.54) is 12.1 Å². The molecule has 0 saturated heterocycles. The van der Waals surface area contributed by atoms with Crippen molar-refractivity contribution in [2.24, 2.45) is 17.2 Å². The molecule has 0 saturated carbocycles. The van der Waals surface area contributed by atoms with Crippen LogP contribution in [0.4, 0.5) is 0 Å². The first-order valence-corrected chi connectivity index (χ1v) is 8.84. The van der Waals surface area contributed by atoms with Gasteiger partial charge >= 0.3 is 29.8 Å². The lowest BCUT2D eigenvalue weighted by molar-refractivity contribution is -0.144. The molecule has 0 aliphatic heterocycles. The highest BCUT2D eigenvalue weighted by Gasteiger charge is 2.14. The predicted octanol–water partition coefficient (Wildman–Crippen LogP) is -1.52. The normalized spacial score (nSPS) is 12.5. The molecule has 14 nitrogen and oxygen atoms in total. The summed E-state index contributed by atoms with van der Waals surface area (Å²) in [6.45, 7) is 0. The largest absolute Gasteiger partial charge is 0.508 e.